The smallest absolute Gasteiger partial charge is 0.244 e. The largest absolute Gasteiger partial charge is 0.494 e. The lowest BCUT2D eigenvalue weighted by Gasteiger charge is -2.20. The molecule has 0 aliphatic rings. The predicted octanol–water partition coefficient (Wildman–Crippen LogP) is 4.21. The van der Waals surface area contributed by atoms with Gasteiger partial charge in [0.1, 0.15) is 10.6 Å². The Bertz CT molecular complexity index is 794. The van der Waals surface area contributed by atoms with Gasteiger partial charge in [0.2, 0.25) is 10.0 Å². The lowest BCUT2D eigenvalue weighted by Crippen LogP contribution is -2.27. The van der Waals surface area contributed by atoms with Gasteiger partial charge in [0, 0.05) is 24.2 Å². The molecular formula is C16H17Cl2NO3S. The maximum absolute atomic E-state index is 12.7. The van der Waals surface area contributed by atoms with Crippen molar-refractivity contribution in [1.29, 1.82) is 0 Å². The SMILES string of the molecule is CCOc1ccccc1CN(C)S(=O)(=O)c1cc(Cl)ccc1Cl. The highest BCUT2D eigenvalue weighted by molar-refractivity contribution is 7.89. The van der Waals surface area contributed by atoms with Crippen molar-refractivity contribution in [3.63, 3.8) is 0 Å². The van der Waals surface area contributed by atoms with Crippen molar-refractivity contribution >= 4 is 33.2 Å². The third kappa shape index (κ3) is 4.18. The molecule has 0 atom stereocenters. The molecule has 4 nitrogen and oxygen atoms in total. The average molecular weight is 374 g/mol. The van der Waals surface area contributed by atoms with Crippen molar-refractivity contribution in [3.8, 4) is 5.75 Å². The number of rotatable bonds is 6. The molecule has 2 aromatic rings. The normalized spacial score (nSPS) is 11.7. The second kappa shape index (κ2) is 7.53. The summed E-state index contributed by atoms with van der Waals surface area (Å²) in [4.78, 5) is -0.0111. The molecule has 7 heteroatoms. The predicted molar refractivity (Wildman–Crippen MR) is 92.7 cm³/mol. The number of benzene rings is 2. The molecule has 23 heavy (non-hydrogen) atoms. The highest BCUT2D eigenvalue weighted by Gasteiger charge is 2.24. The number of para-hydroxylation sites is 1. The zero-order valence-corrected chi connectivity index (χ0v) is 15.1. The van der Waals surface area contributed by atoms with Crippen LogP contribution < -0.4 is 4.74 Å². The highest BCUT2D eigenvalue weighted by Crippen LogP contribution is 2.29. The van der Waals surface area contributed by atoms with Gasteiger partial charge in [0.05, 0.1) is 11.6 Å². The first-order valence-corrected chi connectivity index (χ1v) is 9.18. The van der Waals surface area contributed by atoms with Gasteiger partial charge in [-0.15, -0.1) is 0 Å². The quantitative estimate of drug-likeness (QED) is 0.761. The van der Waals surface area contributed by atoms with Gasteiger partial charge in [-0.05, 0) is 31.2 Å². The van der Waals surface area contributed by atoms with E-state index in [-0.39, 0.29) is 16.5 Å². The summed E-state index contributed by atoms with van der Waals surface area (Å²) in [6, 6.07) is 11.7. The first-order valence-electron chi connectivity index (χ1n) is 6.98. The minimum atomic E-state index is -3.76. The Labute approximate surface area is 146 Å². The summed E-state index contributed by atoms with van der Waals surface area (Å²) in [6.45, 7) is 2.55. The number of nitrogens with zero attached hydrogens (tertiary/aromatic N) is 1. The van der Waals surface area contributed by atoms with Gasteiger partial charge in [0.25, 0.3) is 0 Å². The van der Waals surface area contributed by atoms with Gasteiger partial charge in [0.15, 0.2) is 0 Å². The third-order valence-corrected chi connectivity index (χ3v) is 5.77. The molecule has 0 aromatic heterocycles. The van der Waals surface area contributed by atoms with Crippen molar-refractivity contribution in [2.24, 2.45) is 0 Å². The maximum Gasteiger partial charge on any atom is 0.244 e. The maximum atomic E-state index is 12.7. The molecule has 0 fully saturated rings. The van der Waals surface area contributed by atoms with Gasteiger partial charge in [-0.1, -0.05) is 41.4 Å². The molecule has 0 bridgehead atoms. The van der Waals surface area contributed by atoms with Crippen LogP contribution in [0, 0.1) is 0 Å². The fourth-order valence-electron chi connectivity index (χ4n) is 2.10. The Kier molecular flexibility index (Phi) is 5.92. The van der Waals surface area contributed by atoms with Gasteiger partial charge in [-0.25, -0.2) is 8.42 Å². The minimum Gasteiger partial charge on any atom is -0.494 e. The molecular weight excluding hydrogens is 357 g/mol. The summed E-state index contributed by atoms with van der Waals surface area (Å²) >= 11 is 11.9. The van der Waals surface area contributed by atoms with E-state index in [9.17, 15) is 8.42 Å². The Morgan fingerprint density at radius 3 is 2.52 bits per heavy atom. The van der Waals surface area contributed by atoms with Crippen LogP contribution in [0.4, 0.5) is 0 Å². The third-order valence-electron chi connectivity index (χ3n) is 3.25. The number of ether oxygens (including phenoxy) is 1. The Morgan fingerprint density at radius 2 is 1.83 bits per heavy atom. The van der Waals surface area contributed by atoms with Crippen LogP contribution in [0.1, 0.15) is 12.5 Å². The second-order valence-corrected chi connectivity index (χ2v) is 7.73. The monoisotopic (exact) mass is 373 g/mol. The fraction of sp³-hybridized carbons (Fsp3) is 0.250. The number of hydrogen-bond donors (Lipinski definition) is 0. The molecule has 0 spiro atoms. The van der Waals surface area contributed by atoms with Crippen LogP contribution in [0.5, 0.6) is 5.75 Å². The second-order valence-electron chi connectivity index (χ2n) is 4.88. The summed E-state index contributed by atoms with van der Waals surface area (Å²) in [6.07, 6.45) is 0. The van der Waals surface area contributed by atoms with Crippen LogP contribution in [0.15, 0.2) is 47.4 Å². The number of sulfonamides is 1. The fourth-order valence-corrected chi connectivity index (χ4v) is 3.98. The standard InChI is InChI=1S/C16H17Cl2NO3S/c1-3-22-15-7-5-4-6-12(15)11-19(2)23(20,21)16-10-13(17)8-9-14(16)18/h4-10H,3,11H2,1-2H3. The molecule has 0 saturated carbocycles. The Hall–Kier alpha value is -1.27. The summed E-state index contributed by atoms with van der Waals surface area (Å²) in [5.74, 6) is 0.661. The lowest BCUT2D eigenvalue weighted by atomic mass is 10.2. The van der Waals surface area contributed by atoms with Gasteiger partial charge in [-0.3, -0.25) is 0 Å². The van der Waals surface area contributed by atoms with Gasteiger partial charge < -0.3 is 4.74 Å². The van der Waals surface area contributed by atoms with Gasteiger partial charge in [-0.2, -0.15) is 4.31 Å². The molecule has 0 N–H and O–H groups in total. The van der Waals surface area contributed by atoms with Crippen LogP contribution in [0.25, 0.3) is 0 Å². The van der Waals surface area contributed by atoms with E-state index in [1.165, 1.54) is 23.5 Å². The molecule has 2 aromatic carbocycles. The molecule has 2 rings (SSSR count). The summed E-state index contributed by atoms with van der Waals surface area (Å²) in [5, 5.41) is 0.454. The van der Waals surface area contributed by atoms with E-state index >= 15 is 0 Å². The van der Waals surface area contributed by atoms with Crippen molar-refractivity contribution < 1.29 is 13.2 Å². The molecule has 0 aliphatic carbocycles. The summed E-state index contributed by atoms with van der Waals surface area (Å²) in [5.41, 5.74) is 0.776. The van der Waals surface area contributed by atoms with E-state index in [4.69, 9.17) is 27.9 Å². The average Bonchev–Trinajstić information content (AvgIpc) is 2.51. The van der Waals surface area contributed by atoms with Crippen LogP contribution in [-0.4, -0.2) is 26.4 Å². The molecule has 0 heterocycles. The first-order chi connectivity index (χ1) is 10.9. The zero-order chi connectivity index (χ0) is 17.0. The molecule has 0 amide bonds. The number of hydrogen-bond acceptors (Lipinski definition) is 3. The van der Waals surface area contributed by atoms with Crippen LogP contribution in [-0.2, 0) is 16.6 Å². The van der Waals surface area contributed by atoms with E-state index in [1.807, 2.05) is 31.2 Å². The highest BCUT2D eigenvalue weighted by atomic mass is 35.5. The van der Waals surface area contributed by atoms with E-state index in [0.29, 0.717) is 17.4 Å². The van der Waals surface area contributed by atoms with Crippen LogP contribution in [0.3, 0.4) is 0 Å². The van der Waals surface area contributed by atoms with Crippen molar-refractivity contribution in [2.45, 2.75) is 18.4 Å². The number of halogens is 2. The van der Waals surface area contributed by atoms with Crippen LogP contribution >= 0.6 is 23.2 Å². The van der Waals surface area contributed by atoms with E-state index < -0.39 is 10.0 Å². The Morgan fingerprint density at radius 1 is 1.13 bits per heavy atom. The summed E-state index contributed by atoms with van der Waals surface area (Å²) < 4.78 is 32.2. The van der Waals surface area contributed by atoms with Crippen molar-refractivity contribution in [2.75, 3.05) is 13.7 Å². The minimum absolute atomic E-state index is 0.0111. The van der Waals surface area contributed by atoms with Gasteiger partial charge >= 0.3 is 0 Å². The topological polar surface area (TPSA) is 46.6 Å². The molecule has 0 radical (unpaired) electrons. The van der Waals surface area contributed by atoms with Crippen molar-refractivity contribution in [1.82, 2.24) is 4.31 Å². The van der Waals surface area contributed by atoms with Crippen LogP contribution in [0.2, 0.25) is 10.0 Å². The van der Waals surface area contributed by atoms with E-state index in [0.717, 1.165) is 5.56 Å². The van der Waals surface area contributed by atoms with Crippen molar-refractivity contribution in [3.05, 3.63) is 58.1 Å². The molecule has 0 saturated heterocycles. The zero-order valence-electron chi connectivity index (χ0n) is 12.8. The summed E-state index contributed by atoms with van der Waals surface area (Å²) in [7, 11) is -2.27. The molecule has 0 aliphatic heterocycles. The first kappa shape index (κ1) is 18.1. The lowest BCUT2D eigenvalue weighted by molar-refractivity contribution is 0.332. The van der Waals surface area contributed by atoms with E-state index in [1.54, 1.807) is 6.07 Å². The molecule has 124 valence electrons. The Balaban J connectivity index is 2.33. The van der Waals surface area contributed by atoms with E-state index in [2.05, 4.69) is 0 Å². The molecule has 0 unspecified atom stereocenters.